The summed E-state index contributed by atoms with van der Waals surface area (Å²) in [4.78, 5) is 7.33. The molecule has 0 aliphatic heterocycles. The Labute approximate surface area is 100 Å². The lowest BCUT2D eigenvalue weighted by Crippen LogP contribution is -2.26. The highest BCUT2D eigenvalue weighted by Crippen LogP contribution is 2.16. The van der Waals surface area contributed by atoms with Crippen molar-refractivity contribution in [3.63, 3.8) is 0 Å². The van der Waals surface area contributed by atoms with Crippen LogP contribution in [-0.2, 0) is 6.54 Å². The van der Waals surface area contributed by atoms with Gasteiger partial charge >= 0.3 is 0 Å². The molecule has 0 unspecified atom stereocenters. The number of hydrogen-bond acceptors (Lipinski definition) is 1. The Hall–Kier alpha value is -1.63. The molecular formula is C9H11BrFN5. The van der Waals surface area contributed by atoms with Gasteiger partial charge in [-0.15, -0.1) is 0 Å². The summed E-state index contributed by atoms with van der Waals surface area (Å²) in [6.45, 7) is 0.0773. The van der Waals surface area contributed by atoms with Crippen LogP contribution in [0.5, 0.6) is 0 Å². The second kappa shape index (κ2) is 5.45. The molecule has 6 N–H and O–H groups in total. The van der Waals surface area contributed by atoms with Gasteiger partial charge in [0.05, 0.1) is 6.54 Å². The maximum atomic E-state index is 13.3. The average Bonchev–Trinajstić information content (AvgIpc) is 2.18. The number of guanidine groups is 2. The first-order chi connectivity index (χ1) is 7.49. The molecule has 0 spiro atoms. The first-order valence-corrected chi connectivity index (χ1v) is 5.12. The molecule has 0 radical (unpaired) electrons. The summed E-state index contributed by atoms with van der Waals surface area (Å²) in [5.74, 6) is -0.625. The molecule has 86 valence electrons. The van der Waals surface area contributed by atoms with E-state index in [0.717, 1.165) is 4.47 Å². The SMILES string of the molecule is NC(N)=NC(N)=NCc1cc(Br)ccc1F. The molecule has 16 heavy (non-hydrogen) atoms. The smallest absolute Gasteiger partial charge is 0.218 e. The Morgan fingerprint density at radius 2 is 2.00 bits per heavy atom. The van der Waals surface area contributed by atoms with Gasteiger partial charge in [0.25, 0.3) is 0 Å². The van der Waals surface area contributed by atoms with E-state index in [1.807, 2.05) is 0 Å². The number of benzene rings is 1. The van der Waals surface area contributed by atoms with Gasteiger partial charge in [-0.05, 0) is 18.2 Å². The van der Waals surface area contributed by atoms with Crippen LogP contribution in [-0.4, -0.2) is 11.9 Å². The molecule has 0 saturated heterocycles. The third kappa shape index (κ3) is 3.85. The maximum Gasteiger partial charge on any atom is 0.218 e. The third-order valence-corrected chi connectivity index (χ3v) is 2.16. The Morgan fingerprint density at radius 1 is 1.31 bits per heavy atom. The van der Waals surface area contributed by atoms with E-state index < -0.39 is 0 Å². The van der Waals surface area contributed by atoms with Crippen molar-refractivity contribution in [3.05, 3.63) is 34.1 Å². The van der Waals surface area contributed by atoms with Crippen molar-refractivity contribution in [2.75, 3.05) is 0 Å². The summed E-state index contributed by atoms with van der Waals surface area (Å²) in [7, 11) is 0. The van der Waals surface area contributed by atoms with E-state index in [-0.39, 0.29) is 24.3 Å². The summed E-state index contributed by atoms with van der Waals surface area (Å²) < 4.78 is 14.0. The summed E-state index contributed by atoms with van der Waals surface area (Å²) in [6.07, 6.45) is 0. The molecule has 1 aromatic carbocycles. The van der Waals surface area contributed by atoms with E-state index in [2.05, 4.69) is 25.9 Å². The van der Waals surface area contributed by atoms with Crippen LogP contribution in [0.3, 0.4) is 0 Å². The van der Waals surface area contributed by atoms with Crippen molar-refractivity contribution in [2.45, 2.75) is 6.54 Å². The van der Waals surface area contributed by atoms with E-state index in [1.165, 1.54) is 6.07 Å². The standard InChI is InChI=1S/C9H11BrFN5/c10-6-1-2-7(11)5(3-6)4-15-9(14)16-8(12)13/h1-3H,4H2,(H6,12,13,14,15,16). The number of aliphatic imine (C=N–C) groups is 2. The maximum absolute atomic E-state index is 13.3. The number of nitrogens with two attached hydrogens (primary N) is 3. The van der Waals surface area contributed by atoms with Crippen LogP contribution in [0.15, 0.2) is 32.7 Å². The summed E-state index contributed by atoms with van der Waals surface area (Å²) in [6, 6.07) is 4.55. The van der Waals surface area contributed by atoms with E-state index >= 15 is 0 Å². The van der Waals surface area contributed by atoms with Gasteiger partial charge in [0, 0.05) is 10.0 Å². The van der Waals surface area contributed by atoms with Gasteiger partial charge in [-0.2, -0.15) is 4.99 Å². The first kappa shape index (κ1) is 12.4. The highest BCUT2D eigenvalue weighted by atomic mass is 79.9. The molecule has 1 rings (SSSR count). The zero-order valence-electron chi connectivity index (χ0n) is 8.32. The van der Waals surface area contributed by atoms with Crippen molar-refractivity contribution >= 4 is 27.8 Å². The molecule has 1 aromatic rings. The van der Waals surface area contributed by atoms with Crippen molar-refractivity contribution < 1.29 is 4.39 Å². The van der Waals surface area contributed by atoms with Crippen LogP contribution < -0.4 is 17.2 Å². The molecule has 0 atom stereocenters. The Bertz CT molecular complexity index is 440. The molecule has 7 heteroatoms. The minimum Gasteiger partial charge on any atom is -0.370 e. The van der Waals surface area contributed by atoms with E-state index in [1.54, 1.807) is 12.1 Å². The fourth-order valence-electron chi connectivity index (χ4n) is 0.998. The van der Waals surface area contributed by atoms with E-state index in [0.29, 0.717) is 5.56 Å². The van der Waals surface area contributed by atoms with Crippen LogP contribution in [0.2, 0.25) is 0 Å². The van der Waals surface area contributed by atoms with Gasteiger partial charge in [0.1, 0.15) is 5.82 Å². The van der Waals surface area contributed by atoms with Gasteiger partial charge in [-0.25, -0.2) is 9.38 Å². The van der Waals surface area contributed by atoms with Gasteiger partial charge in [0.2, 0.25) is 5.96 Å². The van der Waals surface area contributed by atoms with Crippen molar-refractivity contribution in [3.8, 4) is 0 Å². The van der Waals surface area contributed by atoms with Gasteiger partial charge in [-0.1, -0.05) is 15.9 Å². The first-order valence-electron chi connectivity index (χ1n) is 4.32. The van der Waals surface area contributed by atoms with Crippen LogP contribution in [0.25, 0.3) is 0 Å². The molecule has 0 aliphatic carbocycles. The Kier molecular flexibility index (Phi) is 4.24. The molecule has 0 heterocycles. The highest BCUT2D eigenvalue weighted by Gasteiger charge is 2.01. The van der Waals surface area contributed by atoms with Crippen LogP contribution in [0.1, 0.15) is 5.56 Å². The molecule has 5 nitrogen and oxygen atoms in total. The Balaban J connectivity index is 2.81. The summed E-state index contributed by atoms with van der Waals surface area (Å²) >= 11 is 3.23. The third-order valence-electron chi connectivity index (χ3n) is 1.66. The monoisotopic (exact) mass is 287 g/mol. The van der Waals surface area contributed by atoms with Gasteiger partial charge in [-0.3, -0.25) is 0 Å². The van der Waals surface area contributed by atoms with E-state index in [9.17, 15) is 4.39 Å². The summed E-state index contributed by atoms with van der Waals surface area (Å²) in [5.41, 5.74) is 16.0. The minimum atomic E-state index is -0.357. The van der Waals surface area contributed by atoms with Crippen molar-refractivity contribution in [2.24, 2.45) is 27.2 Å². The number of nitrogens with zero attached hydrogens (tertiary/aromatic N) is 2. The second-order valence-corrected chi connectivity index (χ2v) is 3.86. The molecular weight excluding hydrogens is 277 g/mol. The van der Waals surface area contributed by atoms with Gasteiger partial charge < -0.3 is 17.2 Å². The molecule has 0 bridgehead atoms. The quantitative estimate of drug-likeness (QED) is 0.550. The molecule has 0 fully saturated rings. The molecule has 0 amide bonds. The fourth-order valence-corrected chi connectivity index (χ4v) is 1.41. The molecule has 0 aliphatic rings. The largest absolute Gasteiger partial charge is 0.370 e. The lowest BCUT2D eigenvalue weighted by Gasteiger charge is -2.00. The minimum absolute atomic E-state index is 0.0773. The van der Waals surface area contributed by atoms with Crippen LogP contribution in [0, 0.1) is 5.82 Å². The molecule has 0 saturated carbocycles. The predicted molar refractivity (Wildman–Crippen MR) is 65.2 cm³/mol. The summed E-state index contributed by atoms with van der Waals surface area (Å²) in [5, 5.41) is 0. The van der Waals surface area contributed by atoms with Crippen LogP contribution in [0.4, 0.5) is 4.39 Å². The van der Waals surface area contributed by atoms with Gasteiger partial charge in [0.15, 0.2) is 5.96 Å². The number of hydrogen-bond donors (Lipinski definition) is 3. The number of halogens is 2. The number of rotatable bonds is 2. The Morgan fingerprint density at radius 3 is 2.62 bits per heavy atom. The van der Waals surface area contributed by atoms with E-state index in [4.69, 9.17) is 17.2 Å². The zero-order chi connectivity index (χ0) is 12.1. The normalized spacial score (nSPS) is 11.2. The highest BCUT2D eigenvalue weighted by molar-refractivity contribution is 9.10. The van der Waals surface area contributed by atoms with Crippen molar-refractivity contribution in [1.82, 2.24) is 0 Å². The lowest BCUT2D eigenvalue weighted by atomic mass is 10.2. The fraction of sp³-hybridized carbons (Fsp3) is 0.111. The predicted octanol–water partition coefficient (Wildman–Crippen LogP) is 0.676. The second-order valence-electron chi connectivity index (χ2n) is 2.95. The topological polar surface area (TPSA) is 103 Å². The molecule has 0 aromatic heterocycles. The average molecular weight is 288 g/mol. The lowest BCUT2D eigenvalue weighted by molar-refractivity contribution is 0.610. The zero-order valence-corrected chi connectivity index (χ0v) is 9.91. The van der Waals surface area contributed by atoms with Crippen LogP contribution >= 0.6 is 15.9 Å². The van der Waals surface area contributed by atoms with Crippen molar-refractivity contribution in [1.29, 1.82) is 0 Å².